The van der Waals surface area contributed by atoms with E-state index in [1.165, 1.54) is 0 Å². The van der Waals surface area contributed by atoms with Crippen molar-refractivity contribution in [2.24, 2.45) is 11.1 Å². The van der Waals surface area contributed by atoms with Gasteiger partial charge >= 0.3 is 0 Å². The Morgan fingerprint density at radius 2 is 2.12 bits per heavy atom. The van der Waals surface area contributed by atoms with Crippen molar-refractivity contribution in [2.75, 3.05) is 12.3 Å². The van der Waals surface area contributed by atoms with Crippen LogP contribution in [0, 0.1) is 5.41 Å². The van der Waals surface area contributed by atoms with Crippen LogP contribution in [0.2, 0.25) is 0 Å². The van der Waals surface area contributed by atoms with Crippen LogP contribution in [-0.4, -0.2) is 39.4 Å². The van der Waals surface area contributed by atoms with E-state index in [1.807, 2.05) is 16.7 Å². The summed E-state index contributed by atoms with van der Waals surface area (Å²) in [5.41, 5.74) is 5.29. The van der Waals surface area contributed by atoms with Gasteiger partial charge < -0.3 is 10.6 Å². The number of amides is 1. The molecule has 1 saturated carbocycles. The average molecular weight is 272 g/mol. The maximum Gasteiger partial charge on any atom is 0.235 e. The summed E-state index contributed by atoms with van der Waals surface area (Å²) in [5.74, 6) is 1.20. The van der Waals surface area contributed by atoms with Crippen molar-refractivity contribution in [3.63, 3.8) is 0 Å². The second-order valence-electron chi connectivity index (χ2n) is 5.11. The van der Waals surface area contributed by atoms with Gasteiger partial charge in [-0.25, -0.2) is 0 Å². The van der Waals surface area contributed by atoms with Crippen LogP contribution in [0.4, 0.5) is 0 Å². The molecule has 1 saturated heterocycles. The summed E-state index contributed by atoms with van der Waals surface area (Å²) in [6.45, 7) is 5.14. The van der Waals surface area contributed by atoms with Crippen LogP contribution in [-0.2, 0) is 4.79 Å². The van der Waals surface area contributed by atoms with Crippen LogP contribution >= 0.6 is 24.0 Å². The lowest BCUT2D eigenvalue weighted by atomic mass is 9.67. The highest BCUT2D eigenvalue weighted by molar-refractivity contribution is 8.00. The SMILES string of the molecule is CC1SCCN(C(=O)C2(C(N)=S)CCC2)C1C. The van der Waals surface area contributed by atoms with Crippen molar-refractivity contribution in [1.29, 1.82) is 0 Å². The van der Waals surface area contributed by atoms with Crippen LogP contribution in [0.25, 0.3) is 0 Å². The van der Waals surface area contributed by atoms with Crippen molar-refractivity contribution in [3.8, 4) is 0 Å². The molecule has 1 aliphatic heterocycles. The fourth-order valence-corrected chi connectivity index (χ4v) is 3.98. The minimum atomic E-state index is -0.509. The van der Waals surface area contributed by atoms with Gasteiger partial charge in [0.15, 0.2) is 0 Å². The number of thioether (sulfide) groups is 1. The molecule has 2 N–H and O–H groups in total. The van der Waals surface area contributed by atoms with Gasteiger partial charge in [-0.3, -0.25) is 4.79 Å². The molecule has 2 unspecified atom stereocenters. The molecule has 0 aromatic rings. The molecule has 2 rings (SSSR count). The van der Waals surface area contributed by atoms with Crippen LogP contribution in [0.15, 0.2) is 0 Å². The first-order chi connectivity index (χ1) is 7.99. The first-order valence-corrected chi connectivity index (χ1v) is 7.67. The van der Waals surface area contributed by atoms with Crippen molar-refractivity contribution in [3.05, 3.63) is 0 Å². The summed E-state index contributed by atoms with van der Waals surface area (Å²) >= 11 is 7.05. The molecule has 1 aliphatic carbocycles. The lowest BCUT2D eigenvalue weighted by Crippen LogP contribution is -2.59. The van der Waals surface area contributed by atoms with E-state index in [2.05, 4.69) is 13.8 Å². The number of nitrogens with zero attached hydrogens (tertiary/aromatic N) is 1. The fourth-order valence-electron chi connectivity index (χ4n) is 2.59. The Bertz CT molecular complexity index is 341. The van der Waals surface area contributed by atoms with Crippen LogP contribution in [0.5, 0.6) is 0 Å². The number of thiocarbonyl (C=S) groups is 1. The predicted molar refractivity (Wildman–Crippen MR) is 76.2 cm³/mol. The van der Waals surface area contributed by atoms with E-state index in [1.54, 1.807) is 0 Å². The fraction of sp³-hybridized carbons (Fsp3) is 0.833. The molecule has 2 atom stereocenters. The molecule has 0 aromatic heterocycles. The summed E-state index contributed by atoms with van der Waals surface area (Å²) in [7, 11) is 0. The van der Waals surface area contributed by atoms with E-state index in [9.17, 15) is 4.79 Å². The van der Waals surface area contributed by atoms with Crippen LogP contribution < -0.4 is 5.73 Å². The third-order valence-corrected chi connectivity index (χ3v) is 5.96. The summed E-state index contributed by atoms with van der Waals surface area (Å²) in [4.78, 5) is 15.0. The van der Waals surface area contributed by atoms with Gasteiger partial charge in [-0.2, -0.15) is 11.8 Å². The number of nitrogens with two attached hydrogens (primary N) is 1. The maximum atomic E-state index is 12.6. The zero-order chi connectivity index (χ0) is 12.6. The monoisotopic (exact) mass is 272 g/mol. The molecule has 5 heteroatoms. The lowest BCUT2D eigenvalue weighted by molar-refractivity contribution is -0.144. The van der Waals surface area contributed by atoms with E-state index in [0.29, 0.717) is 10.2 Å². The Hall–Kier alpha value is -0.290. The van der Waals surface area contributed by atoms with E-state index in [-0.39, 0.29) is 11.9 Å². The standard InChI is InChI=1S/C12H20N2OS2/c1-8-9(2)17-7-6-14(8)11(15)12(10(13)16)4-3-5-12/h8-9H,3-7H2,1-2H3,(H2,13,16). The second kappa shape index (κ2) is 4.76. The Labute approximate surface area is 112 Å². The molecule has 3 nitrogen and oxygen atoms in total. The topological polar surface area (TPSA) is 46.3 Å². The molecule has 0 aromatic carbocycles. The highest BCUT2D eigenvalue weighted by Crippen LogP contribution is 2.44. The summed E-state index contributed by atoms with van der Waals surface area (Å²) in [5, 5.41) is 0.496. The maximum absolute atomic E-state index is 12.6. The molecule has 2 aliphatic rings. The highest BCUT2D eigenvalue weighted by atomic mass is 32.2. The zero-order valence-corrected chi connectivity index (χ0v) is 12.1. The predicted octanol–water partition coefficient (Wildman–Crippen LogP) is 1.80. The van der Waals surface area contributed by atoms with Gasteiger partial charge in [0.2, 0.25) is 5.91 Å². The lowest BCUT2D eigenvalue weighted by Gasteiger charge is -2.47. The third-order valence-electron chi connectivity index (χ3n) is 4.23. The molecule has 0 bridgehead atoms. The number of carbonyl (C=O) groups is 1. The number of carbonyl (C=O) groups excluding carboxylic acids is 1. The van der Waals surface area contributed by atoms with Crippen LogP contribution in [0.1, 0.15) is 33.1 Å². The summed E-state index contributed by atoms with van der Waals surface area (Å²) in [6, 6.07) is 0.285. The number of hydrogen-bond donors (Lipinski definition) is 1. The molecule has 0 spiro atoms. The molecule has 1 heterocycles. The first-order valence-electron chi connectivity index (χ1n) is 6.21. The van der Waals surface area contributed by atoms with Gasteiger partial charge in [-0.1, -0.05) is 25.6 Å². The highest BCUT2D eigenvalue weighted by Gasteiger charge is 2.50. The zero-order valence-electron chi connectivity index (χ0n) is 10.4. The Morgan fingerprint density at radius 1 is 1.47 bits per heavy atom. The van der Waals surface area contributed by atoms with E-state index >= 15 is 0 Å². The van der Waals surface area contributed by atoms with Crippen molar-refractivity contribution < 1.29 is 4.79 Å². The normalized spacial score (nSPS) is 31.8. The minimum absolute atomic E-state index is 0.177. The molecule has 96 valence electrons. The smallest absolute Gasteiger partial charge is 0.235 e. The molecule has 0 radical (unpaired) electrons. The largest absolute Gasteiger partial charge is 0.392 e. The second-order valence-corrected chi connectivity index (χ2v) is 7.04. The van der Waals surface area contributed by atoms with Gasteiger partial charge in [-0.05, 0) is 19.8 Å². The van der Waals surface area contributed by atoms with E-state index in [0.717, 1.165) is 31.6 Å². The van der Waals surface area contributed by atoms with Gasteiger partial charge in [0.1, 0.15) is 0 Å². The minimum Gasteiger partial charge on any atom is -0.392 e. The van der Waals surface area contributed by atoms with Gasteiger partial charge in [0, 0.05) is 23.6 Å². The van der Waals surface area contributed by atoms with Crippen molar-refractivity contribution in [1.82, 2.24) is 4.90 Å². The Kier molecular flexibility index (Phi) is 3.69. The summed E-state index contributed by atoms with van der Waals surface area (Å²) < 4.78 is 0. The number of hydrogen-bond acceptors (Lipinski definition) is 3. The third kappa shape index (κ3) is 2.08. The van der Waals surface area contributed by atoms with Gasteiger partial charge in [0.25, 0.3) is 0 Å². The summed E-state index contributed by atoms with van der Waals surface area (Å²) in [6.07, 6.45) is 2.74. The van der Waals surface area contributed by atoms with Crippen molar-refractivity contribution >= 4 is 34.9 Å². The quantitative estimate of drug-likeness (QED) is 0.779. The Balaban J connectivity index is 2.16. The molecule has 17 heavy (non-hydrogen) atoms. The van der Waals surface area contributed by atoms with Gasteiger partial charge in [-0.15, -0.1) is 0 Å². The first kappa shape index (κ1) is 13.1. The van der Waals surface area contributed by atoms with E-state index in [4.69, 9.17) is 18.0 Å². The molecular weight excluding hydrogens is 252 g/mol. The molecule has 2 fully saturated rings. The van der Waals surface area contributed by atoms with Crippen molar-refractivity contribution in [2.45, 2.75) is 44.4 Å². The molecule has 1 amide bonds. The Morgan fingerprint density at radius 3 is 2.59 bits per heavy atom. The average Bonchev–Trinajstić information content (AvgIpc) is 2.19. The molecular formula is C12H20N2OS2. The van der Waals surface area contributed by atoms with E-state index < -0.39 is 5.41 Å². The van der Waals surface area contributed by atoms with Gasteiger partial charge in [0.05, 0.1) is 10.4 Å². The number of rotatable bonds is 2. The van der Waals surface area contributed by atoms with Crippen LogP contribution in [0.3, 0.4) is 0 Å².